The van der Waals surface area contributed by atoms with E-state index < -0.39 is 0 Å². The highest BCUT2D eigenvalue weighted by atomic mass is 35.5. The molecule has 1 aromatic carbocycles. The van der Waals surface area contributed by atoms with E-state index in [0.29, 0.717) is 22.9 Å². The highest BCUT2D eigenvalue weighted by molar-refractivity contribution is 7.09. The smallest absolute Gasteiger partial charge is 0.122 e. The Bertz CT molecular complexity index is 516. The third-order valence-corrected chi connectivity index (χ3v) is 3.18. The molecule has 0 spiro atoms. The number of benzene rings is 1. The average Bonchev–Trinajstić information content (AvgIpc) is 2.79. The Hall–Kier alpha value is -1.50. The molecule has 0 saturated carbocycles. The summed E-state index contributed by atoms with van der Waals surface area (Å²) >= 11 is 7.53. The summed E-state index contributed by atoms with van der Waals surface area (Å²) in [6.45, 7) is 0.528. The van der Waals surface area contributed by atoms with Gasteiger partial charge in [0.2, 0.25) is 0 Å². The zero-order valence-corrected chi connectivity index (χ0v) is 9.89. The number of nitrogens with zero attached hydrogens (tertiary/aromatic N) is 1. The first-order chi connectivity index (χ1) is 7.79. The Morgan fingerprint density at radius 3 is 2.88 bits per heavy atom. The van der Waals surface area contributed by atoms with E-state index in [1.807, 2.05) is 23.6 Å². The van der Waals surface area contributed by atoms with E-state index >= 15 is 0 Å². The molecule has 0 aliphatic carbocycles. The molecular formula is C12H8ClNOS. The van der Waals surface area contributed by atoms with Gasteiger partial charge >= 0.3 is 0 Å². The quantitative estimate of drug-likeness (QED) is 0.828. The summed E-state index contributed by atoms with van der Waals surface area (Å²) in [7, 11) is 0. The van der Waals surface area contributed by atoms with E-state index in [1.165, 1.54) is 0 Å². The van der Waals surface area contributed by atoms with Gasteiger partial charge in [-0.1, -0.05) is 17.7 Å². The van der Waals surface area contributed by atoms with Crippen molar-refractivity contribution in [2.24, 2.45) is 0 Å². The van der Waals surface area contributed by atoms with Crippen molar-refractivity contribution in [1.29, 1.82) is 5.26 Å². The van der Waals surface area contributed by atoms with Crippen LogP contribution >= 0.6 is 22.9 Å². The lowest BCUT2D eigenvalue weighted by Crippen LogP contribution is -1.92. The molecule has 80 valence electrons. The lowest BCUT2D eigenvalue weighted by atomic mass is 10.2. The average molecular weight is 250 g/mol. The van der Waals surface area contributed by atoms with Crippen LogP contribution in [0.1, 0.15) is 10.4 Å². The minimum absolute atomic E-state index is 0.422. The van der Waals surface area contributed by atoms with Gasteiger partial charge in [-0.15, -0.1) is 11.3 Å². The van der Waals surface area contributed by atoms with Crippen LogP contribution in [-0.4, -0.2) is 0 Å². The number of thiophene rings is 1. The molecule has 0 radical (unpaired) electrons. The van der Waals surface area contributed by atoms with E-state index in [0.717, 1.165) is 4.88 Å². The number of ether oxygens (including phenoxy) is 1. The summed E-state index contributed by atoms with van der Waals surface area (Å²) in [5, 5.41) is 11.1. The van der Waals surface area contributed by atoms with Crippen LogP contribution in [0.15, 0.2) is 35.7 Å². The minimum atomic E-state index is 0.422. The lowest BCUT2D eigenvalue weighted by Gasteiger charge is -2.05. The molecular weight excluding hydrogens is 242 g/mol. The highest BCUT2D eigenvalue weighted by Gasteiger charge is 2.02. The standard InChI is InChI=1S/C12H8ClNOS/c13-12-6-10(4-3-9(12)7-14)15-8-11-2-1-5-16-11/h1-6H,8H2. The molecule has 16 heavy (non-hydrogen) atoms. The van der Waals surface area contributed by atoms with Crippen molar-refractivity contribution in [3.8, 4) is 11.8 Å². The maximum Gasteiger partial charge on any atom is 0.122 e. The molecule has 0 fully saturated rings. The number of rotatable bonds is 3. The van der Waals surface area contributed by atoms with E-state index in [9.17, 15) is 0 Å². The van der Waals surface area contributed by atoms with Crippen LogP contribution in [0.25, 0.3) is 0 Å². The zero-order valence-electron chi connectivity index (χ0n) is 8.31. The topological polar surface area (TPSA) is 33.0 Å². The second-order valence-corrected chi connectivity index (χ2v) is 4.56. The molecule has 1 heterocycles. The fourth-order valence-electron chi connectivity index (χ4n) is 1.23. The van der Waals surface area contributed by atoms with Gasteiger partial charge in [-0.3, -0.25) is 0 Å². The first-order valence-corrected chi connectivity index (χ1v) is 5.90. The fraction of sp³-hybridized carbons (Fsp3) is 0.0833. The molecule has 0 atom stereocenters. The molecule has 0 N–H and O–H groups in total. The lowest BCUT2D eigenvalue weighted by molar-refractivity contribution is 0.310. The number of hydrogen-bond donors (Lipinski definition) is 0. The molecule has 2 rings (SSSR count). The van der Waals surface area contributed by atoms with Gasteiger partial charge in [0.05, 0.1) is 10.6 Å². The summed E-state index contributed by atoms with van der Waals surface area (Å²) < 4.78 is 5.55. The van der Waals surface area contributed by atoms with Crippen molar-refractivity contribution in [1.82, 2.24) is 0 Å². The van der Waals surface area contributed by atoms with E-state index in [1.54, 1.807) is 29.5 Å². The van der Waals surface area contributed by atoms with Gasteiger partial charge in [-0.2, -0.15) is 5.26 Å². The molecule has 4 heteroatoms. The Morgan fingerprint density at radius 1 is 1.38 bits per heavy atom. The van der Waals surface area contributed by atoms with Crippen LogP contribution in [-0.2, 0) is 6.61 Å². The zero-order chi connectivity index (χ0) is 11.4. The first-order valence-electron chi connectivity index (χ1n) is 4.64. The normalized spacial score (nSPS) is 9.75. The summed E-state index contributed by atoms with van der Waals surface area (Å²) in [5.74, 6) is 0.678. The summed E-state index contributed by atoms with van der Waals surface area (Å²) in [6, 6.07) is 11.1. The molecule has 2 nitrogen and oxygen atoms in total. The minimum Gasteiger partial charge on any atom is -0.488 e. The van der Waals surface area contributed by atoms with E-state index in [4.69, 9.17) is 21.6 Å². The maximum absolute atomic E-state index is 8.72. The van der Waals surface area contributed by atoms with Crippen molar-refractivity contribution in [2.45, 2.75) is 6.61 Å². The maximum atomic E-state index is 8.72. The molecule has 0 aliphatic rings. The van der Waals surface area contributed by atoms with Crippen LogP contribution in [0.4, 0.5) is 0 Å². The molecule has 0 bridgehead atoms. The molecule has 0 amide bonds. The largest absolute Gasteiger partial charge is 0.488 e. The molecule has 1 aromatic heterocycles. The monoisotopic (exact) mass is 249 g/mol. The Kier molecular flexibility index (Phi) is 3.45. The van der Waals surface area contributed by atoms with Gasteiger partial charge in [0.25, 0.3) is 0 Å². The molecule has 0 saturated heterocycles. The second kappa shape index (κ2) is 5.02. The van der Waals surface area contributed by atoms with Crippen LogP contribution < -0.4 is 4.74 Å². The van der Waals surface area contributed by atoms with Gasteiger partial charge < -0.3 is 4.74 Å². The molecule has 0 aliphatic heterocycles. The number of nitriles is 1. The molecule has 2 aromatic rings. The summed E-state index contributed by atoms with van der Waals surface area (Å²) in [5.41, 5.74) is 0.463. The van der Waals surface area contributed by atoms with Crippen molar-refractivity contribution >= 4 is 22.9 Å². The first kappa shape index (κ1) is 11.0. The Balaban J connectivity index is 2.06. The van der Waals surface area contributed by atoms with E-state index in [-0.39, 0.29) is 0 Å². The fourth-order valence-corrected chi connectivity index (χ4v) is 2.05. The van der Waals surface area contributed by atoms with Crippen LogP contribution in [0.3, 0.4) is 0 Å². The van der Waals surface area contributed by atoms with Crippen molar-refractivity contribution in [3.63, 3.8) is 0 Å². The SMILES string of the molecule is N#Cc1ccc(OCc2cccs2)cc1Cl. The summed E-state index contributed by atoms with van der Waals surface area (Å²) in [4.78, 5) is 1.15. The van der Waals surface area contributed by atoms with Crippen LogP contribution in [0.2, 0.25) is 5.02 Å². The van der Waals surface area contributed by atoms with Crippen LogP contribution in [0, 0.1) is 11.3 Å². The predicted octanol–water partition coefficient (Wildman–Crippen LogP) is 3.85. The third kappa shape index (κ3) is 2.54. The Morgan fingerprint density at radius 2 is 2.25 bits per heavy atom. The highest BCUT2D eigenvalue weighted by Crippen LogP contribution is 2.23. The second-order valence-electron chi connectivity index (χ2n) is 3.12. The third-order valence-electron chi connectivity index (χ3n) is 2.02. The number of hydrogen-bond acceptors (Lipinski definition) is 3. The van der Waals surface area contributed by atoms with Gasteiger partial charge in [0.1, 0.15) is 18.4 Å². The van der Waals surface area contributed by atoms with Crippen LogP contribution in [0.5, 0.6) is 5.75 Å². The van der Waals surface area contributed by atoms with Gasteiger partial charge in [-0.25, -0.2) is 0 Å². The van der Waals surface area contributed by atoms with Crippen molar-refractivity contribution < 1.29 is 4.74 Å². The molecule has 0 unspecified atom stereocenters. The van der Waals surface area contributed by atoms with Gasteiger partial charge in [0, 0.05) is 10.9 Å². The number of halogens is 1. The van der Waals surface area contributed by atoms with Crippen molar-refractivity contribution in [3.05, 3.63) is 51.2 Å². The van der Waals surface area contributed by atoms with E-state index in [2.05, 4.69) is 0 Å². The van der Waals surface area contributed by atoms with Gasteiger partial charge in [0.15, 0.2) is 0 Å². The van der Waals surface area contributed by atoms with Gasteiger partial charge in [-0.05, 0) is 23.6 Å². The predicted molar refractivity (Wildman–Crippen MR) is 64.8 cm³/mol. The van der Waals surface area contributed by atoms with Crippen molar-refractivity contribution in [2.75, 3.05) is 0 Å². The Labute approximate surface area is 103 Å². The summed E-state index contributed by atoms with van der Waals surface area (Å²) in [6.07, 6.45) is 0.